The molecule has 9 heavy (non-hydrogen) atoms. The zero-order valence-corrected chi connectivity index (χ0v) is 6.31. The van der Waals surface area contributed by atoms with Gasteiger partial charge >= 0.3 is 0 Å². The molecule has 0 saturated carbocycles. The molecule has 0 aliphatic carbocycles. The smallest absolute Gasteiger partial charge is 0.163 e. The highest BCUT2D eigenvalue weighted by Crippen LogP contribution is 2.23. The minimum atomic E-state index is -0.333. The molecule has 1 atom stereocenters. The number of ether oxygens (including phenoxy) is 2. The van der Waals surface area contributed by atoms with Crippen molar-refractivity contribution in [3.8, 4) is 0 Å². The van der Waals surface area contributed by atoms with Crippen molar-refractivity contribution in [2.45, 2.75) is 39.1 Å². The van der Waals surface area contributed by atoms with E-state index in [9.17, 15) is 0 Å². The Morgan fingerprint density at radius 3 is 2.44 bits per heavy atom. The van der Waals surface area contributed by atoms with Gasteiger partial charge in [0.2, 0.25) is 0 Å². The third-order valence-corrected chi connectivity index (χ3v) is 1.52. The van der Waals surface area contributed by atoms with E-state index in [4.69, 9.17) is 9.47 Å². The lowest BCUT2D eigenvalue weighted by Gasteiger charge is -2.16. The summed E-state index contributed by atoms with van der Waals surface area (Å²) in [6.45, 7) is 6.75. The van der Waals surface area contributed by atoms with Crippen LogP contribution in [0.15, 0.2) is 0 Å². The van der Waals surface area contributed by atoms with Crippen molar-refractivity contribution in [2.24, 2.45) is 0 Å². The predicted octanol–water partition coefficient (Wildman–Crippen LogP) is 1.55. The van der Waals surface area contributed by atoms with Crippen LogP contribution in [0.1, 0.15) is 27.2 Å². The highest BCUT2D eigenvalue weighted by Gasteiger charge is 2.30. The molecule has 1 rings (SSSR count). The Bertz CT molecular complexity index is 99.1. The minimum absolute atomic E-state index is 0.319. The Balaban J connectivity index is 2.38. The Hall–Kier alpha value is -0.0800. The van der Waals surface area contributed by atoms with Gasteiger partial charge in [-0.3, -0.25) is 0 Å². The monoisotopic (exact) mass is 130 g/mol. The Morgan fingerprint density at radius 2 is 2.22 bits per heavy atom. The van der Waals surface area contributed by atoms with Gasteiger partial charge in [-0.05, 0) is 20.3 Å². The van der Waals surface area contributed by atoms with Crippen LogP contribution >= 0.6 is 0 Å². The van der Waals surface area contributed by atoms with Crippen molar-refractivity contribution in [1.82, 2.24) is 0 Å². The van der Waals surface area contributed by atoms with Gasteiger partial charge in [-0.25, -0.2) is 0 Å². The molecular weight excluding hydrogens is 116 g/mol. The Morgan fingerprint density at radius 1 is 1.56 bits per heavy atom. The molecular formula is C7H14O2. The van der Waals surface area contributed by atoms with Crippen LogP contribution < -0.4 is 0 Å². The third kappa shape index (κ3) is 1.66. The molecule has 2 heteroatoms. The zero-order chi connectivity index (χ0) is 6.91. The predicted molar refractivity (Wildman–Crippen MR) is 35.2 cm³/mol. The van der Waals surface area contributed by atoms with Crippen LogP contribution in [-0.2, 0) is 9.47 Å². The summed E-state index contributed by atoms with van der Waals surface area (Å²) in [5.74, 6) is -0.333. The molecule has 1 fully saturated rings. The molecule has 0 aromatic carbocycles. The number of rotatable bonds is 1. The molecule has 1 heterocycles. The molecule has 0 amide bonds. The molecule has 1 unspecified atom stereocenters. The molecule has 0 bridgehead atoms. The maximum atomic E-state index is 5.48. The Labute approximate surface area is 56.2 Å². The fourth-order valence-corrected chi connectivity index (χ4v) is 0.964. The van der Waals surface area contributed by atoms with E-state index in [2.05, 4.69) is 6.92 Å². The van der Waals surface area contributed by atoms with Crippen molar-refractivity contribution in [1.29, 1.82) is 0 Å². The zero-order valence-electron chi connectivity index (χ0n) is 6.31. The molecule has 1 aliphatic heterocycles. The van der Waals surface area contributed by atoms with Crippen LogP contribution in [0.5, 0.6) is 0 Å². The topological polar surface area (TPSA) is 18.5 Å². The Kier molecular flexibility index (Phi) is 1.78. The molecule has 0 spiro atoms. The summed E-state index contributed by atoms with van der Waals surface area (Å²) >= 11 is 0. The summed E-state index contributed by atoms with van der Waals surface area (Å²) in [5.41, 5.74) is 0. The van der Waals surface area contributed by atoms with Gasteiger partial charge < -0.3 is 9.47 Å². The molecule has 0 aromatic heterocycles. The number of hydrogen-bond donors (Lipinski definition) is 0. The van der Waals surface area contributed by atoms with Gasteiger partial charge in [-0.15, -0.1) is 0 Å². The fraction of sp³-hybridized carbons (Fsp3) is 1.00. The first-order chi connectivity index (χ1) is 4.14. The lowest BCUT2D eigenvalue weighted by Crippen LogP contribution is -2.21. The van der Waals surface area contributed by atoms with Crippen molar-refractivity contribution < 1.29 is 9.47 Å². The lowest BCUT2D eigenvalue weighted by molar-refractivity contribution is -0.138. The van der Waals surface area contributed by atoms with E-state index in [1.165, 1.54) is 0 Å². The van der Waals surface area contributed by atoms with Gasteiger partial charge in [-0.2, -0.15) is 0 Å². The molecule has 1 saturated heterocycles. The van der Waals surface area contributed by atoms with Crippen molar-refractivity contribution in [2.75, 3.05) is 6.61 Å². The fourth-order valence-electron chi connectivity index (χ4n) is 0.964. The van der Waals surface area contributed by atoms with Gasteiger partial charge in [0.1, 0.15) is 0 Å². The largest absolute Gasteiger partial charge is 0.348 e. The maximum absolute atomic E-state index is 5.48. The van der Waals surface area contributed by atoms with Crippen LogP contribution in [0, 0.1) is 0 Å². The van der Waals surface area contributed by atoms with E-state index in [1.54, 1.807) is 0 Å². The number of hydrogen-bond acceptors (Lipinski definition) is 2. The highest BCUT2D eigenvalue weighted by molar-refractivity contribution is 4.68. The van der Waals surface area contributed by atoms with Gasteiger partial charge in [0.15, 0.2) is 5.79 Å². The van der Waals surface area contributed by atoms with E-state index in [1.807, 2.05) is 13.8 Å². The molecule has 0 N–H and O–H groups in total. The first-order valence-electron chi connectivity index (χ1n) is 3.46. The second-order valence-corrected chi connectivity index (χ2v) is 2.86. The first-order valence-corrected chi connectivity index (χ1v) is 3.46. The van der Waals surface area contributed by atoms with Gasteiger partial charge in [0.05, 0.1) is 12.7 Å². The summed E-state index contributed by atoms with van der Waals surface area (Å²) in [6.07, 6.45) is 1.36. The minimum Gasteiger partial charge on any atom is -0.348 e. The molecule has 1 aliphatic rings. The summed E-state index contributed by atoms with van der Waals surface area (Å²) in [7, 11) is 0. The molecule has 0 aromatic rings. The van der Waals surface area contributed by atoms with E-state index < -0.39 is 0 Å². The van der Waals surface area contributed by atoms with Crippen molar-refractivity contribution in [3.05, 3.63) is 0 Å². The second kappa shape index (κ2) is 2.27. The molecule has 54 valence electrons. The van der Waals surface area contributed by atoms with E-state index >= 15 is 0 Å². The van der Waals surface area contributed by atoms with E-state index in [0.29, 0.717) is 6.10 Å². The van der Waals surface area contributed by atoms with E-state index in [0.717, 1.165) is 13.0 Å². The van der Waals surface area contributed by atoms with Crippen LogP contribution in [-0.4, -0.2) is 18.5 Å². The lowest BCUT2D eigenvalue weighted by atomic mass is 10.3. The van der Waals surface area contributed by atoms with Crippen LogP contribution in [0.4, 0.5) is 0 Å². The third-order valence-electron chi connectivity index (χ3n) is 1.52. The van der Waals surface area contributed by atoms with Gasteiger partial charge in [0.25, 0.3) is 0 Å². The summed E-state index contributed by atoms with van der Waals surface area (Å²) in [4.78, 5) is 0. The summed E-state index contributed by atoms with van der Waals surface area (Å²) in [6, 6.07) is 0. The average Bonchev–Trinajstić information content (AvgIpc) is 2.10. The summed E-state index contributed by atoms with van der Waals surface area (Å²) < 4.78 is 10.8. The summed E-state index contributed by atoms with van der Waals surface area (Å²) in [5, 5.41) is 0. The van der Waals surface area contributed by atoms with Gasteiger partial charge in [0, 0.05) is 0 Å². The van der Waals surface area contributed by atoms with E-state index in [-0.39, 0.29) is 5.79 Å². The molecule has 2 nitrogen and oxygen atoms in total. The van der Waals surface area contributed by atoms with Crippen molar-refractivity contribution >= 4 is 0 Å². The SMILES string of the molecule is CCC1COC(C)(C)O1. The van der Waals surface area contributed by atoms with Crippen LogP contribution in [0.3, 0.4) is 0 Å². The first kappa shape index (κ1) is 7.03. The van der Waals surface area contributed by atoms with Gasteiger partial charge in [-0.1, -0.05) is 6.92 Å². The maximum Gasteiger partial charge on any atom is 0.163 e. The van der Waals surface area contributed by atoms with Crippen LogP contribution in [0.2, 0.25) is 0 Å². The highest BCUT2D eigenvalue weighted by atomic mass is 16.7. The second-order valence-electron chi connectivity index (χ2n) is 2.86. The van der Waals surface area contributed by atoms with Crippen LogP contribution in [0.25, 0.3) is 0 Å². The normalized spacial score (nSPS) is 33.0. The standard InChI is InChI=1S/C7H14O2/c1-4-6-5-8-7(2,3)9-6/h6H,4-5H2,1-3H3. The quantitative estimate of drug-likeness (QED) is 0.536. The van der Waals surface area contributed by atoms with Crippen molar-refractivity contribution in [3.63, 3.8) is 0 Å². The average molecular weight is 130 g/mol. The molecule has 0 radical (unpaired) electrons.